The minimum absolute atomic E-state index is 0.153. The van der Waals surface area contributed by atoms with Crippen LogP contribution in [0.4, 0.5) is 11.5 Å². The van der Waals surface area contributed by atoms with Crippen molar-refractivity contribution in [2.75, 3.05) is 10.6 Å². The molecule has 1 aromatic carbocycles. The van der Waals surface area contributed by atoms with Gasteiger partial charge >= 0.3 is 0 Å². The second-order valence-electron chi connectivity index (χ2n) is 4.73. The summed E-state index contributed by atoms with van der Waals surface area (Å²) in [5, 5.41) is 9.62. The molecule has 5 heteroatoms. The maximum absolute atomic E-state index is 12.0. The molecule has 106 valence electrons. The Morgan fingerprint density at radius 3 is 2.85 bits per heavy atom. The molecular weight excluding hydrogens is 254 g/mol. The Kier molecular flexibility index (Phi) is 4.40. The molecular formula is C15H19N3O2. The van der Waals surface area contributed by atoms with E-state index in [0.29, 0.717) is 11.6 Å². The summed E-state index contributed by atoms with van der Waals surface area (Å²) in [6.07, 6.45) is 0.967. The molecule has 0 bridgehead atoms. The Morgan fingerprint density at radius 1 is 1.40 bits per heavy atom. The number of rotatable bonds is 5. The number of aromatic nitrogens is 1. The molecule has 20 heavy (non-hydrogen) atoms. The molecule has 0 saturated heterocycles. The second-order valence-corrected chi connectivity index (χ2v) is 4.73. The fourth-order valence-corrected chi connectivity index (χ4v) is 1.86. The Labute approximate surface area is 118 Å². The maximum atomic E-state index is 12.0. The first-order chi connectivity index (χ1) is 9.58. The molecule has 2 aromatic rings. The molecule has 0 saturated carbocycles. The number of hydrogen-bond acceptors (Lipinski definition) is 4. The topological polar surface area (TPSA) is 67.2 Å². The van der Waals surface area contributed by atoms with Crippen LogP contribution in [0.1, 0.15) is 25.2 Å². The third-order valence-corrected chi connectivity index (χ3v) is 2.99. The van der Waals surface area contributed by atoms with E-state index in [4.69, 9.17) is 4.52 Å². The van der Waals surface area contributed by atoms with Crippen LogP contribution in [0, 0.1) is 6.92 Å². The number of anilines is 2. The van der Waals surface area contributed by atoms with Gasteiger partial charge < -0.3 is 15.2 Å². The van der Waals surface area contributed by atoms with E-state index < -0.39 is 0 Å². The number of carbonyl (C=O) groups excluding carboxylic acids is 1. The van der Waals surface area contributed by atoms with Crippen molar-refractivity contribution in [1.29, 1.82) is 0 Å². The smallest absolute Gasteiger partial charge is 0.247 e. The summed E-state index contributed by atoms with van der Waals surface area (Å²) < 4.78 is 4.91. The van der Waals surface area contributed by atoms with Gasteiger partial charge in [0.05, 0.1) is 0 Å². The SMILES string of the molecule is CCc1cccc(NC(C)C(=O)Nc2cc(C)on2)c1. The first-order valence-corrected chi connectivity index (χ1v) is 6.68. The average Bonchev–Trinajstić information content (AvgIpc) is 2.84. The van der Waals surface area contributed by atoms with Gasteiger partial charge in [-0.25, -0.2) is 0 Å². The number of nitrogens with one attached hydrogen (secondary N) is 2. The molecule has 0 radical (unpaired) electrons. The van der Waals surface area contributed by atoms with Crippen LogP contribution < -0.4 is 10.6 Å². The van der Waals surface area contributed by atoms with E-state index >= 15 is 0 Å². The molecule has 1 heterocycles. The fraction of sp³-hybridized carbons (Fsp3) is 0.333. The Hall–Kier alpha value is -2.30. The molecule has 2 N–H and O–H groups in total. The first-order valence-electron chi connectivity index (χ1n) is 6.68. The Balaban J connectivity index is 1.96. The predicted molar refractivity (Wildman–Crippen MR) is 78.8 cm³/mol. The van der Waals surface area contributed by atoms with Crippen LogP contribution in [-0.2, 0) is 11.2 Å². The normalized spacial score (nSPS) is 11.9. The maximum Gasteiger partial charge on any atom is 0.247 e. The number of benzene rings is 1. The van der Waals surface area contributed by atoms with Gasteiger partial charge in [0.25, 0.3) is 0 Å². The zero-order valence-electron chi connectivity index (χ0n) is 11.9. The van der Waals surface area contributed by atoms with Crippen LogP contribution in [0.2, 0.25) is 0 Å². The van der Waals surface area contributed by atoms with Gasteiger partial charge in [0, 0.05) is 11.8 Å². The lowest BCUT2D eigenvalue weighted by Gasteiger charge is -2.14. The quantitative estimate of drug-likeness (QED) is 0.878. The van der Waals surface area contributed by atoms with Crippen LogP contribution in [0.5, 0.6) is 0 Å². The van der Waals surface area contributed by atoms with E-state index in [1.54, 1.807) is 19.9 Å². The molecule has 2 rings (SSSR count). The highest BCUT2D eigenvalue weighted by atomic mass is 16.5. The fourth-order valence-electron chi connectivity index (χ4n) is 1.86. The van der Waals surface area contributed by atoms with Gasteiger partial charge in [-0.2, -0.15) is 0 Å². The predicted octanol–water partition coefficient (Wildman–Crippen LogP) is 2.98. The molecule has 0 aliphatic rings. The van der Waals surface area contributed by atoms with Gasteiger partial charge in [-0.1, -0.05) is 24.2 Å². The lowest BCUT2D eigenvalue weighted by molar-refractivity contribution is -0.116. The molecule has 1 aromatic heterocycles. The number of aryl methyl sites for hydroxylation is 2. The van der Waals surface area contributed by atoms with E-state index in [9.17, 15) is 4.79 Å². The number of nitrogens with zero attached hydrogens (tertiary/aromatic N) is 1. The van der Waals surface area contributed by atoms with Crippen LogP contribution in [0.3, 0.4) is 0 Å². The number of hydrogen-bond donors (Lipinski definition) is 2. The van der Waals surface area contributed by atoms with Crippen molar-refractivity contribution >= 4 is 17.4 Å². The summed E-state index contributed by atoms with van der Waals surface area (Å²) in [5.74, 6) is 0.945. The van der Waals surface area contributed by atoms with Crippen molar-refractivity contribution < 1.29 is 9.32 Å². The molecule has 1 unspecified atom stereocenters. The summed E-state index contributed by atoms with van der Waals surface area (Å²) in [7, 11) is 0. The van der Waals surface area contributed by atoms with Gasteiger partial charge in [0.15, 0.2) is 5.82 Å². The second kappa shape index (κ2) is 6.23. The summed E-state index contributed by atoms with van der Waals surface area (Å²) in [6.45, 7) is 5.68. The van der Waals surface area contributed by atoms with Crippen molar-refractivity contribution in [3.05, 3.63) is 41.7 Å². The molecule has 0 spiro atoms. The Bertz CT molecular complexity index is 592. The lowest BCUT2D eigenvalue weighted by Crippen LogP contribution is -2.32. The summed E-state index contributed by atoms with van der Waals surface area (Å²) in [4.78, 5) is 12.0. The number of amides is 1. The molecule has 0 aliphatic heterocycles. The van der Waals surface area contributed by atoms with Crippen LogP contribution in [-0.4, -0.2) is 17.1 Å². The van der Waals surface area contributed by atoms with Crippen LogP contribution in [0.25, 0.3) is 0 Å². The molecule has 0 fully saturated rings. The monoisotopic (exact) mass is 273 g/mol. The number of carbonyl (C=O) groups is 1. The van der Waals surface area contributed by atoms with Crippen molar-refractivity contribution in [1.82, 2.24) is 5.16 Å². The van der Waals surface area contributed by atoms with Crippen molar-refractivity contribution in [3.63, 3.8) is 0 Å². The van der Waals surface area contributed by atoms with E-state index in [1.165, 1.54) is 5.56 Å². The highest BCUT2D eigenvalue weighted by Gasteiger charge is 2.14. The molecule has 0 aliphatic carbocycles. The Morgan fingerprint density at radius 2 is 2.20 bits per heavy atom. The van der Waals surface area contributed by atoms with Gasteiger partial charge in [0.1, 0.15) is 11.8 Å². The summed E-state index contributed by atoms with van der Waals surface area (Å²) in [6, 6.07) is 9.36. The summed E-state index contributed by atoms with van der Waals surface area (Å²) in [5.41, 5.74) is 2.16. The average molecular weight is 273 g/mol. The zero-order chi connectivity index (χ0) is 14.5. The highest BCUT2D eigenvalue weighted by molar-refractivity contribution is 5.95. The van der Waals surface area contributed by atoms with Crippen LogP contribution >= 0.6 is 0 Å². The van der Waals surface area contributed by atoms with Gasteiger partial charge in [-0.15, -0.1) is 0 Å². The molecule has 5 nitrogen and oxygen atoms in total. The van der Waals surface area contributed by atoms with E-state index in [0.717, 1.165) is 12.1 Å². The minimum Gasteiger partial charge on any atom is -0.374 e. The largest absolute Gasteiger partial charge is 0.374 e. The molecule has 1 amide bonds. The lowest BCUT2D eigenvalue weighted by atomic mass is 10.1. The van der Waals surface area contributed by atoms with E-state index in [2.05, 4.69) is 28.8 Å². The van der Waals surface area contributed by atoms with Crippen molar-refractivity contribution in [3.8, 4) is 0 Å². The third kappa shape index (κ3) is 3.60. The summed E-state index contributed by atoms with van der Waals surface area (Å²) >= 11 is 0. The van der Waals surface area contributed by atoms with Crippen LogP contribution in [0.15, 0.2) is 34.9 Å². The van der Waals surface area contributed by atoms with Crippen molar-refractivity contribution in [2.24, 2.45) is 0 Å². The molecule has 1 atom stereocenters. The highest BCUT2D eigenvalue weighted by Crippen LogP contribution is 2.13. The van der Waals surface area contributed by atoms with Crippen molar-refractivity contribution in [2.45, 2.75) is 33.2 Å². The van der Waals surface area contributed by atoms with E-state index in [1.807, 2.05) is 18.2 Å². The standard InChI is InChI=1S/C15H19N3O2/c1-4-12-6-5-7-13(9-12)16-11(3)15(19)17-14-8-10(2)20-18-14/h5-9,11,16H,4H2,1-3H3,(H,17,18,19). The first kappa shape index (κ1) is 14.1. The zero-order valence-corrected chi connectivity index (χ0v) is 11.9. The van der Waals surface area contributed by atoms with Gasteiger partial charge in [-0.05, 0) is 38.0 Å². The third-order valence-electron chi connectivity index (χ3n) is 2.99. The van der Waals surface area contributed by atoms with Gasteiger partial charge in [-0.3, -0.25) is 4.79 Å². The minimum atomic E-state index is -0.362. The van der Waals surface area contributed by atoms with Gasteiger partial charge in [0.2, 0.25) is 5.91 Å². The van der Waals surface area contributed by atoms with E-state index in [-0.39, 0.29) is 11.9 Å².